The summed E-state index contributed by atoms with van der Waals surface area (Å²) >= 11 is 0. The Balaban J connectivity index is 2.03. The lowest BCUT2D eigenvalue weighted by atomic mass is 9.95. The van der Waals surface area contributed by atoms with E-state index in [0.29, 0.717) is 44.1 Å². The number of rotatable bonds is 5. The summed E-state index contributed by atoms with van der Waals surface area (Å²) < 4.78 is 65.9. The maximum atomic E-state index is 13.0. The van der Waals surface area contributed by atoms with E-state index in [9.17, 15) is 21.4 Å². The number of aromatic nitrogens is 2. The van der Waals surface area contributed by atoms with Crippen molar-refractivity contribution in [2.45, 2.75) is 23.6 Å². The Kier molecular flexibility index (Phi) is 6.07. The van der Waals surface area contributed by atoms with Gasteiger partial charge >= 0.3 is 0 Å². The van der Waals surface area contributed by atoms with Gasteiger partial charge in [0.15, 0.2) is 0 Å². The van der Waals surface area contributed by atoms with Crippen LogP contribution in [0.5, 0.6) is 0 Å². The summed E-state index contributed by atoms with van der Waals surface area (Å²) in [5, 5.41) is 0.954. The maximum Gasteiger partial charge on any atom is 0.299 e. The lowest BCUT2D eigenvalue weighted by Gasteiger charge is -2.18. The fourth-order valence-electron chi connectivity index (χ4n) is 4.74. The molecule has 0 amide bonds. The second kappa shape index (κ2) is 9.00. The molecule has 10 heteroatoms. The van der Waals surface area contributed by atoms with Crippen molar-refractivity contribution in [3.63, 3.8) is 0 Å². The number of aryl methyl sites for hydroxylation is 2. The highest BCUT2D eigenvalue weighted by Crippen LogP contribution is 2.42. The van der Waals surface area contributed by atoms with Crippen molar-refractivity contribution in [3.8, 4) is 22.3 Å². The molecule has 0 aliphatic carbocycles. The van der Waals surface area contributed by atoms with Gasteiger partial charge in [-0.1, -0.05) is 72.8 Å². The molecule has 5 rings (SSSR count). The number of hydrogen-bond acceptors (Lipinski definition) is 7. The molecule has 0 radical (unpaired) electrons. The summed E-state index contributed by atoms with van der Waals surface area (Å²) in [5.41, 5.74) is 2.99. The van der Waals surface area contributed by atoms with E-state index in [2.05, 4.69) is 9.97 Å². The first-order valence-corrected chi connectivity index (χ1v) is 14.1. The van der Waals surface area contributed by atoms with Gasteiger partial charge in [0.05, 0.1) is 29.5 Å². The summed E-state index contributed by atoms with van der Waals surface area (Å²) in [5.74, 6) is 0. The minimum Gasteiger partial charge on any atom is -0.282 e. The van der Waals surface area contributed by atoms with E-state index in [1.54, 1.807) is 73.7 Å². The van der Waals surface area contributed by atoms with Crippen LogP contribution in [-0.2, 0) is 24.4 Å². The Morgan fingerprint density at radius 2 is 1.05 bits per heavy atom. The molecule has 2 aromatic heterocycles. The van der Waals surface area contributed by atoms with Crippen molar-refractivity contribution in [3.05, 3.63) is 84.2 Å². The van der Waals surface area contributed by atoms with Gasteiger partial charge in [-0.05, 0) is 25.0 Å². The average Bonchev–Trinajstić information content (AvgIpc) is 2.87. The number of fused-ring (bicyclic) bond motifs is 3. The summed E-state index contributed by atoms with van der Waals surface area (Å²) in [4.78, 5) is 8.86. The first-order valence-electron chi connectivity index (χ1n) is 11.2. The standard InChI is InChI=1S/C27H22N2O6S2/c1-16-26(36(30,31)32)22(18-10-6-4-7-11-18)20-14-15-21-23(19-12-8-5-9-13-19)27(37(33,34)35-3)17(2)29-25(21)24(20)28-16/h4-15H,1-3H3,(H,30,31,32). The highest BCUT2D eigenvalue weighted by Gasteiger charge is 2.29. The van der Waals surface area contributed by atoms with E-state index >= 15 is 0 Å². The van der Waals surface area contributed by atoms with Gasteiger partial charge in [0, 0.05) is 21.9 Å². The van der Waals surface area contributed by atoms with E-state index in [0.717, 1.165) is 7.11 Å². The minimum atomic E-state index is -4.62. The first kappa shape index (κ1) is 25.0. The molecule has 0 aliphatic rings. The molecule has 0 atom stereocenters. The molecule has 2 heterocycles. The third-order valence-electron chi connectivity index (χ3n) is 6.21. The normalized spacial score (nSPS) is 12.3. The van der Waals surface area contributed by atoms with E-state index in [1.165, 1.54) is 6.92 Å². The van der Waals surface area contributed by atoms with Gasteiger partial charge in [0.25, 0.3) is 20.2 Å². The summed E-state index contributed by atoms with van der Waals surface area (Å²) in [7, 11) is -7.66. The van der Waals surface area contributed by atoms with Crippen molar-refractivity contribution >= 4 is 42.0 Å². The van der Waals surface area contributed by atoms with Crippen LogP contribution in [0.3, 0.4) is 0 Å². The van der Waals surface area contributed by atoms with Crippen LogP contribution in [0.4, 0.5) is 0 Å². The molecule has 0 fully saturated rings. The molecule has 1 N–H and O–H groups in total. The van der Waals surface area contributed by atoms with Gasteiger partial charge in [-0.15, -0.1) is 0 Å². The molecule has 0 aliphatic heterocycles. The third-order valence-corrected chi connectivity index (χ3v) is 8.67. The Labute approximate surface area is 214 Å². The third kappa shape index (κ3) is 4.17. The Morgan fingerprint density at radius 1 is 0.649 bits per heavy atom. The Bertz CT molecular complexity index is 1910. The van der Waals surface area contributed by atoms with Crippen LogP contribution in [0.1, 0.15) is 11.4 Å². The zero-order valence-corrected chi connectivity index (χ0v) is 21.8. The topological polar surface area (TPSA) is 124 Å². The van der Waals surface area contributed by atoms with Crippen LogP contribution in [0, 0.1) is 13.8 Å². The molecule has 0 saturated heterocycles. The fraction of sp³-hybridized carbons (Fsp3) is 0.111. The molecular weight excluding hydrogens is 512 g/mol. The smallest absolute Gasteiger partial charge is 0.282 e. The van der Waals surface area contributed by atoms with Crippen LogP contribution in [0.15, 0.2) is 82.6 Å². The van der Waals surface area contributed by atoms with Crippen LogP contribution in [0.2, 0.25) is 0 Å². The van der Waals surface area contributed by atoms with Crippen molar-refractivity contribution in [1.29, 1.82) is 0 Å². The van der Waals surface area contributed by atoms with Crippen LogP contribution in [-0.4, -0.2) is 38.5 Å². The fourth-order valence-corrected chi connectivity index (χ4v) is 6.70. The van der Waals surface area contributed by atoms with Gasteiger partial charge in [-0.2, -0.15) is 16.8 Å². The number of pyridine rings is 2. The van der Waals surface area contributed by atoms with Crippen LogP contribution in [0.25, 0.3) is 44.1 Å². The molecule has 3 aromatic carbocycles. The van der Waals surface area contributed by atoms with E-state index in [4.69, 9.17) is 4.18 Å². The van der Waals surface area contributed by atoms with Gasteiger partial charge in [0.2, 0.25) is 0 Å². The Morgan fingerprint density at radius 3 is 1.46 bits per heavy atom. The summed E-state index contributed by atoms with van der Waals surface area (Å²) in [6.07, 6.45) is 0. The number of benzene rings is 3. The van der Waals surface area contributed by atoms with E-state index < -0.39 is 20.2 Å². The predicted molar refractivity (Wildman–Crippen MR) is 141 cm³/mol. The number of nitrogens with zero attached hydrogens (tertiary/aromatic N) is 2. The Hall–Kier alpha value is -3.70. The number of hydrogen-bond donors (Lipinski definition) is 1. The molecule has 0 saturated carbocycles. The minimum absolute atomic E-state index is 0.0531. The average molecular weight is 535 g/mol. The van der Waals surface area contributed by atoms with Gasteiger partial charge < -0.3 is 0 Å². The van der Waals surface area contributed by atoms with Crippen LogP contribution < -0.4 is 0 Å². The highest BCUT2D eigenvalue weighted by atomic mass is 32.2. The quantitative estimate of drug-likeness (QED) is 0.183. The second-order valence-corrected chi connectivity index (χ2v) is 11.5. The van der Waals surface area contributed by atoms with Gasteiger partial charge in [-0.25, -0.2) is 9.97 Å². The van der Waals surface area contributed by atoms with Gasteiger partial charge in [0.1, 0.15) is 9.79 Å². The first-order chi connectivity index (χ1) is 17.5. The SMILES string of the molecule is COS(=O)(=O)c1c(C)nc2c(ccc3c(-c4ccccc4)c(S(=O)(=O)O)c(C)nc32)c1-c1ccccc1. The van der Waals surface area contributed by atoms with Crippen LogP contribution >= 0.6 is 0 Å². The molecule has 0 spiro atoms. The van der Waals surface area contributed by atoms with Crippen molar-refractivity contribution in [2.75, 3.05) is 7.11 Å². The summed E-state index contributed by atoms with van der Waals surface area (Å²) in [6, 6.07) is 21.2. The lowest BCUT2D eigenvalue weighted by molar-refractivity contribution is 0.397. The lowest BCUT2D eigenvalue weighted by Crippen LogP contribution is -2.10. The van der Waals surface area contributed by atoms with Crippen molar-refractivity contribution in [2.24, 2.45) is 0 Å². The molecular formula is C27H22N2O6S2. The maximum absolute atomic E-state index is 13.0. The molecule has 5 aromatic rings. The highest BCUT2D eigenvalue weighted by molar-refractivity contribution is 7.87. The monoisotopic (exact) mass is 534 g/mol. The summed E-state index contributed by atoms with van der Waals surface area (Å²) in [6.45, 7) is 3.08. The molecule has 188 valence electrons. The zero-order chi connectivity index (χ0) is 26.5. The van der Waals surface area contributed by atoms with Crippen molar-refractivity contribution < 1.29 is 25.6 Å². The molecule has 37 heavy (non-hydrogen) atoms. The van der Waals surface area contributed by atoms with E-state index in [1.807, 2.05) is 6.07 Å². The molecule has 8 nitrogen and oxygen atoms in total. The zero-order valence-electron chi connectivity index (χ0n) is 20.1. The second-order valence-electron chi connectivity index (χ2n) is 8.49. The van der Waals surface area contributed by atoms with E-state index in [-0.39, 0.29) is 21.2 Å². The predicted octanol–water partition coefficient (Wildman–Crippen LogP) is 5.32. The van der Waals surface area contributed by atoms with Crippen molar-refractivity contribution in [1.82, 2.24) is 9.97 Å². The largest absolute Gasteiger partial charge is 0.299 e. The van der Waals surface area contributed by atoms with Gasteiger partial charge in [-0.3, -0.25) is 8.74 Å². The molecule has 0 unspecified atom stereocenters. The molecule has 0 bridgehead atoms.